The molecule has 10 heavy (non-hydrogen) atoms. The summed E-state index contributed by atoms with van der Waals surface area (Å²) in [6.45, 7) is 4.28. The van der Waals surface area contributed by atoms with Gasteiger partial charge in [-0.3, -0.25) is 4.79 Å². The zero-order valence-electron chi connectivity index (χ0n) is 5.58. The molecule has 1 heterocycles. The van der Waals surface area contributed by atoms with Crippen molar-refractivity contribution in [3.8, 4) is 0 Å². The average molecular weight is 134 g/mol. The molecule has 0 aromatic carbocycles. The maximum Gasteiger partial charge on any atom is 0.189 e. The van der Waals surface area contributed by atoms with E-state index in [0.29, 0.717) is 0 Å². The lowest BCUT2D eigenvalue weighted by molar-refractivity contribution is 0.811. The highest BCUT2D eigenvalue weighted by molar-refractivity contribution is 4.92. The fourth-order valence-corrected chi connectivity index (χ4v) is 0.664. The van der Waals surface area contributed by atoms with Crippen molar-refractivity contribution in [2.24, 2.45) is 0 Å². The second-order valence-electron chi connectivity index (χ2n) is 1.94. The van der Waals surface area contributed by atoms with Crippen LogP contribution in [0.25, 0.3) is 0 Å². The molecule has 0 amide bonds. The molecule has 0 N–H and O–H groups in total. The van der Waals surface area contributed by atoms with Crippen molar-refractivity contribution in [1.29, 1.82) is 0 Å². The van der Waals surface area contributed by atoms with E-state index in [1.807, 2.05) is 4.57 Å². The zero-order valence-corrected chi connectivity index (χ0v) is 5.58. The molecule has 0 aliphatic carbocycles. The Labute approximate surface area is 59.4 Å². The normalized spacial score (nSPS) is 9.20. The Morgan fingerprint density at radius 3 is 3.10 bits per heavy atom. The second kappa shape index (κ2) is 3.01. The van der Waals surface area contributed by atoms with Gasteiger partial charge in [-0.1, -0.05) is 6.08 Å². The van der Waals surface area contributed by atoms with Crippen molar-refractivity contribution >= 4 is 0 Å². The minimum absolute atomic E-state index is 0.0830. The van der Waals surface area contributed by atoms with E-state index in [9.17, 15) is 4.79 Å². The predicted octanol–water partition coefficient (Wildman–Crippen LogP) is 0.834. The fourth-order valence-electron chi connectivity index (χ4n) is 0.664. The van der Waals surface area contributed by atoms with Gasteiger partial charge >= 0.3 is 0 Å². The van der Waals surface area contributed by atoms with Crippen LogP contribution in [-0.4, -0.2) is 4.57 Å². The Morgan fingerprint density at radius 1 is 1.80 bits per heavy atom. The Balaban J connectivity index is 2.89. The lowest BCUT2D eigenvalue weighted by Gasteiger charge is -1.97. The Kier molecular flexibility index (Phi) is 2.05. The molecule has 0 saturated heterocycles. The van der Waals surface area contributed by atoms with E-state index in [-0.39, 0.29) is 5.43 Å². The van der Waals surface area contributed by atoms with E-state index >= 15 is 0 Å². The van der Waals surface area contributed by atoms with Crippen LogP contribution in [0.4, 0.5) is 0 Å². The van der Waals surface area contributed by atoms with Crippen molar-refractivity contribution in [3.05, 3.63) is 47.4 Å². The molecule has 0 atom stereocenters. The number of rotatable bonds is 2. The summed E-state index contributed by atoms with van der Waals surface area (Å²) in [6.07, 6.45) is 5.09. The van der Waals surface area contributed by atoms with Crippen LogP contribution in [0.5, 0.6) is 0 Å². The molecule has 1 radical (unpaired) electrons. The molecular weight excluding hydrogens is 126 g/mol. The Bertz CT molecular complexity index is 254. The summed E-state index contributed by atoms with van der Waals surface area (Å²) in [5.74, 6) is 0. The molecule has 51 valence electrons. The highest BCUT2D eigenvalue weighted by Crippen LogP contribution is 1.82. The average Bonchev–Trinajstić information content (AvgIpc) is 1.95. The molecule has 0 aliphatic heterocycles. The third-order valence-corrected chi connectivity index (χ3v) is 1.13. The van der Waals surface area contributed by atoms with Crippen LogP contribution >= 0.6 is 0 Å². The van der Waals surface area contributed by atoms with Crippen LogP contribution in [0.15, 0.2) is 35.9 Å². The molecule has 0 unspecified atom stereocenters. The van der Waals surface area contributed by atoms with Crippen molar-refractivity contribution in [2.75, 3.05) is 0 Å². The van der Waals surface area contributed by atoms with Gasteiger partial charge in [0.25, 0.3) is 0 Å². The number of hydrogen-bond donors (Lipinski definition) is 0. The molecule has 1 aromatic rings. The van der Waals surface area contributed by atoms with Crippen LogP contribution in [0.3, 0.4) is 0 Å². The predicted molar refractivity (Wildman–Crippen MR) is 39.7 cm³/mol. The van der Waals surface area contributed by atoms with E-state index in [0.717, 1.165) is 6.54 Å². The lowest BCUT2D eigenvalue weighted by atomic mass is 10.4. The quantitative estimate of drug-likeness (QED) is 0.549. The molecule has 0 spiro atoms. The topological polar surface area (TPSA) is 22.0 Å². The summed E-state index contributed by atoms with van der Waals surface area (Å²) in [5.41, 5.74) is -0.0830. The molecule has 0 saturated carbocycles. The fraction of sp³-hybridized carbons (Fsp3) is 0.125. The van der Waals surface area contributed by atoms with Gasteiger partial charge in [0.2, 0.25) is 0 Å². The van der Waals surface area contributed by atoms with Gasteiger partial charge in [0.05, 0.1) is 6.07 Å². The largest absolute Gasteiger partial charge is 0.350 e. The summed E-state index contributed by atoms with van der Waals surface area (Å²) in [4.78, 5) is 10.5. The first-order valence-electron chi connectivity index (χ1n) is 3.01. The minimum Gasteiger partial charge on any atom is -0.350 e. The zero-order chi connectivity index (χ0) is 7.40. The van der Waals surface area contributed by atoms with Gasteiger partial charge in [0.1, 0.15) is 0 Å². The van der Waals surface area contributed by atoms with E-state index in [2.05, 4.69) is 12.6 Å². The van der Waals surface area contributed by atoms with Crippen molar-refractivity contribution in [2.45, 2.75) is 6.54 Å². The minimum atomic E-state index is -0.0830. The van der Waals surface area contributed by atoms with Gasteiger partial charge in [-0.05, 0) is 0 Å². The first kappa shape index (κ1) is 6.81. The molecule has 2 nitrogen and oxygen atoms in total. The van der Waals surface area contributed by atoms with Gasteiger partial charge in [-0.25, -0.2) is 0 Å². The SMILES string of the molecule is C=CCn1c[c]c(=O)cc1. The second-order valence-corrected chi connectivity index (χ2v) is 1.94. The van der Waals surface area contributed by atoms with Gasteiger partial charge in [-0.2, -0.15) is 0 Å². The van der Waals surface area contributed by atoms with E-state index in [1.165, 1.54) is 6.07 Å². The van der Waals surface area contributed by atoms with E-state index < -0.39 is 0 Å². The maximum atomic E-state index is 10.5. The van der Waals surface area contributed by atoms with Gasteiger partial charge in [0.15, 0.2) is 5.43 Å². The first-order valence-corrected chi connectivity index (χ1v) is 3.01. The van der Waals surface area contributed by atoms with Crippen LogP contribution in [0.1, 0.15) is 0 Å². The monoisotopic (exact) mass is 134 g/mol. The van der Waals surface area contributed by atoms with Crippen LogP contribution in [-0.2, 0) is 6.54 Å². The first-order chi connectivity index (χ1) is 4.83. The van der Waals surface area contributed by atoms with Crippen molar-refractivity contribution < 1.29 is 0 Å². The smallest absolute Gasteiger partial charge is 0.189 e. The summed E-state index contributed by atoms with van der Waals surface area (Å²) in [6, 6.07) is 4.02. The van der Waals surface area contributed by atoms with Crippen molar-refractivity contribution in [3.63, 3.8) is 0 Å². The van der Waals surface area contributed by atoms with Crippen LogP contribution < -0.4 is 5.43 Å². The number of hydrogen-bond acceptors (Lipinski definition) is 1. The number of allylic oxidation sites excluding steroid dienone is 1. The van der Waals surface area contributed by atoms with Gasteiger partial charge in [0, 0.05) is 25.0 Å². The number of pyridine rings is 1. The lowest BCUT2D eigenvalue weighted by Crippen LogP contribution is -2.02. The summed E-state index contributed by atoms with van der Waals surface area (Å²) >= 11 is 0. The summed E-state index contributed by atoms with van der Waals surface area (Å²) in [7, 11) is 0. The number of aromatic nitrogens is 1. The molecule has 0 bridgehead atoms. The Hall–Kier alpha value is -1.31. The third-order valence-electron chi connectivity index (χ3n) is 1.13. The van der Waals surface area contributed by atoms with Gasteiger partial charge < -0.3 is 4.57 Å². The van der Waals surface area contributed by atoms with E-state index in [1.54, 1.807) is 18.5 Å². The van der Waals surface area contributed by atoms with Crippen molar-refractivity contribution in [1.82, 2.24) is 4.57 Å². The highest BCUT2D eigenvalue weighted by atomic mass is 16.1. The molecule has 1 rings (SSSR count). The Morgan fingerprint density at radius 2 is 2.60 bits per heavy atom. The summed E-state index contributed by atoms with van der Waals surface area (Å²) < 4.78 is 1.83. The molecule has 1 aromatic heterocycles. The van der Waals surface area contributed by atoms with Gasteiger partial charge in [-0.15, -0.1) is 6.58 Å². The highest BCUT2D eigenvalue weighted by Gasteiger charge is 1.83. The van der Waals surface area contributed by atoms with E-state index in [4.69, 9.17) is 0 Å². The summed E-state index contributed by atoms with van der Waals surface area (Å²) in [5, 5.41) is 0. The number of nitrogens with zero attached hydrogens (tertiary/aromatic N) is 1. The van der Waals surface area contributed by atoms with Crippen LogP contribution in [0, 0.1) is 6.07 Å². The molecule has 2 heteroatoms. The maximum absolute atomic E-state index is 10.5. The van der Waals surface area contributed by atoms with Crippen LogP contribution in [0.2, 0.25) is 0 Å². The molecule has 0 fully saturated rings. The standard InChI is InChI=1S/C8H8NO/c1-2-5-9-6-3-8(10)4-7-9/h2-3,6-7H,1,5H2. The molecular formula is C8H8NO. The molecule has 0 aliphatic rings. The third kappa shape index (κ3) is 1.58.